The summed E-state index contributed by atoms with van der Waals surface area (Å²) in [6.07, 6.45) is -4.57. The van der Waals surface area contributed by atoms with E-state index in [2.05, 4.69) is 10.3 Å². The van der Waals surface area contributed by atoms with Crippen molar-refractivity contribution in [1.82, 2.24) is 9.55 Å². The van der Waals surface area contributed by atoms with Gasteiger partial charge in [0.05, 0.1) is 28.8 Å². The zero-order chi connectivity index (χ0) is 23.6. The molecule has 2 aromatic heterocycles. The molecule has 3 aromatic rings. The maximum atomic E-state index is 13.3. The highest BCUT2D eigenvalue weighted by atomic mass is 32.1. The molecule has 0 spiro atoms. The first-order valence-electron chi connectivity index (χ1n) is 9.28. The lowest BCUT2D eigenvalue weighted by Gasteiger charge is -2.20. The van der Waals surface area contributed by atoms with Gasteiger partial charge in [-0.15, -0.1) is 11.3 Å². The van der Waals surface area contributed by atoms with Crippen molar-refractivity contribution in [2.24, 2.45) is 0 Å². The Labute approximate surface area is 183 Å². The normalized spacial score (nSPS) is 12.7. The van der Waals surface area contributed by atoms with E-state index in [9.17, 15) is 32.7 Å². The molecule has 1 atom stereocenters. The molecule has 0 aliphatic carbocycles. The van der Waals surface area contributed by atoms with Gasteiger partial charge < -0.3 is 15.2 Å². The van der Waals surface area contributed by atoms with Gasteiger partial charge in [-0.3, -0.25) is 14.2 Å². The van der Waals surface area contributed by atoms with Crippen LogP contribution in [0.5, 0.6) is 0 Å². The van der Waals surface area contributed by atoms with Crippen LogP contribution in [-0.4, -0.2) is 40.3 Å². The number of amides is 1. The molecule has 0 aliphatic rings. The quantitative estimate of drug-likeness (QED) is 0.548. The van der Waals surface area contributed by atoms with Crippen LogP contribution in [0.15, 0.2) is 34.4 Å². The molecule has 1 unspecified atom stereocenters. The smallest absolute Gasteiger partial charge is 0.418 e. The number of nitrogens with zero attached hydrogens (tertiary/aromatic N) is 2. The third-order valence-electron chi connectivity index (χ3n) is 4.73. The van der Waals surface area contributed by atoms with Crippen molar-refractivity contribution in [3.05, 3.63) is 57.0 Å². The predicted molar refractivity (Wildman–Crippen MR) is 111 cm³/mol. The van der Waals surface area contributed by atoms with Gasteiger partial charge >= 0.3 is 12.1 Å². The standard InChI is InChI=1S/C20H18F3N3O5S/c1-10(16(27)24-13-6-4-3-5-12(13)20(21,22)23)26-14(7-8-31-2)25-17-15(18(26)28)11(9-32-17)19(29)30/h3-6,9-10H,7-8H2,1-2H3,(H,24,27)(H,29,30). The van der Waals surface area contributed by atoms with Crippen molar-refractivity contribution in [2.75, 3.05) is 19.0 Å². The molecule has 170 valence electrons. The van der Waals surface area contributed by atoms with Crippen LogP contribution in [0.25, 0.3) is 10.2 Å². The number of carboxylic acid groups (broad SMARTS) is 1. The first-order valence-corrected chi connectivity index (χ1v) is 10.2. The first kappa shape index (κ1) is 23.4. The number of methoxy groups -OCH3 is 1. The second-order valence-electron chi connectivity index (χ2n) is 6.79. The van der Waals surface area contributed by atoms with E-state index in [1.54, 1.807) is 0 Å². The van der Waals surface area contributed by atoms with E-state index in [1.807, 2.05) is 0 Å². The number of alkyl halides is 3. The SMILES string of the molecule is COCCc1nc2scc(C(=O)O)c2c(=O)n1C(C)C(=O)Nc1ccccc1C(F)(F)F. The molecule has 3 rings (SSSR count). The molecular formula is C20H18F3N3O5S. The topological polar surface area (TPSA) is 111 Å². The number of fused-ring (bicyclic) bond motifs is 1. The van der Waals surface area contributed by atoms with Crippen LogP contribution in [0.1, 0.15) is 34.7 Å². The zero-order valence-corrected chi connectivity index (χ0v) is 17.7. The summed E-state index contributed by atoms with van der Waals surface area (Å²) >= 11 is 0.969. The highest BCUT2D eigenvalue weighted by molar-refractivity contribution is 7.17. The average molecular weight is 469 g/mol. The van der Waals surface area contributed by atoms with Crippen LogP contribution in [0.3, 0.4) is 0 Å². The molecule has 0 bridgehead atoms. The number of anilines is 1. The number of aromatic nitrogens is 2. The molecular weight excluding hydrogens is 451 g/mol. The minimum Gasteiger partial charge on any atom is -0.478 e. The number of hydrogen-bond acceptors (Lipinski definition) is 6. The summed E-state index contributed by atoms with van der Waals surface area (Å²) in [5.41, 5.74) is -2.53. The fourth-order valence-electron chi connectivity index (χ4n) is 3.17. The number of carbonyl (C=O) groups excluding carboxylic acids is 1. The molecule has 0 saturated heterocycles. The second-order valence-corrected chi connectivity index (χ2v) is 7.65. The molecule has 1 aromatic carbocycles. The summed E-state index contributed by atoms with van der Waals surface area (Å²) in [6.45, 7) is 1.48. The average Bonchev–Trinajstić information content (AvgIpc) is 3.16. The molecule has 0 fully saturated rings. The van der Waals surface area contributed by atoms with Crippen molar-refractivity contribution >= 4 is 39.1 Å². The van der Waals surface area contributed by atoms with Crippen LogP contribution in [0, 0.1) is 0 Å². The lowest BCUT2D eigenvalue weighted by molar-refractivity contribution is -0.137. The number of halogens is 3. The van der Waals surface area contributed by atoms with Gasteiger partial charge in [0.25, 0.3) is 5.56 Å². The van der Waals surface area contributed by atoms with E-state index in [0.29, 0.717) is 0 Å². The minimum absolute atomic E-state index is 0.124. The van der Waals surface area contributed by atoms with Crippen molar-refractivity contribution in [2.45, 2.75) is 25.6 Å². The number of carbonyl (C=O) groups is 2. The number of carboxylic acids is 1. The van der Waals surface area contributed by atoms with E-state index in [1.165, 1.54) is 31.5 Å². The minimum atomic E-state index is -4.69. The van der Waals surface area contributed by atoms with Gasteiger partial charge in [-0.05, 0) is 19.1 Å². The summed E-state index contributed by atoms with van der Waals surface area (Å²) in [4.78, 5) is 42.0. The highest BCUT2D eigenvalue weighted by Crippen LogP contribution is 2.35. The van der Waals surface area contributed by atoms with Gasteiger partial charge in [-0.2, -0.15) is 13.2 Å². The maximum Gasteiger partial charge on any atom is 0.418 e. The molecule has 2 N–H and O–H groups in total. The van der Waals surface area contributed by atoms with Gasteiger partial charge in [0.1, 0.15) is 16.7 Å². The summed E-state index contributed by atoms with van der Waals surface area (Å²) in [7, 11) is 1.43. The first-order chi connectivity index (χ1) is 15.1. The molecule has 0 aliphatic heterocycles. The molecule has 1 amide bonds. The van der Waals surface area contributed by atoms with Crippen molar-refractivity contribution < 1.29 is 32.6 Å². The van der Waals surface area contributed by atoms with Crippen LogP contribution in [-0.2, 0) is 22.1 Å². The van der Waals surface area contributed by atoms with Crippen LogP contribution in [0.2, 0.25) is 0 Å². The molecule has 12 heteroatoms. The van der Waals surface area contributed by atoms with Crippen LogP contribution >= 0.6 is 11.3 Å². The maximum absolute atomic E-state index is 13.3. The summed E-state index contributed by atoms with van der Waals surface area (Å²) < 4.78 is 45.8. The molecule has 0 saturated carbocycles. The van der Waals surface area contributed by atoms with Crippen LogP contribution in [0.4, 0.5) is 18.9 Å². The van der Waals surface area contributed by atoms with Crippen LogP contribution < -0.4 is 10.9 Å². The molecule has 8 nitrogen and oxygen atoms in total. The lowest BCUT2D eigenvalue weighted by atomic mass is 10.1. The molecule has 0 radical (unpaired) electrons. The number of aromatic carboxylic acids is 1. The Morgan fingerprint density at radius 1 is 1.31 bits per heavy atom. The van der Waals surface area contributed by atoms with Gasteiger partial charge in [-0.25, -0.2) is 9.78 Å². The van der Waals surface area contributed by atoms with Crippen molar-refractivity contribution in [3.63, 3.8) is 0 Å². The second kappa shape index (κ2) is 9.09. The van der Waals surface area contributed by atoms with Gasteiger partial charge in [0.2, 0.25) is 5.91 Å². The fraction of sp³-hybridized carbons (Fsp3) is 0.300. The summed E-state index contributed by atoms with van der Waals surface area (Å²) in [5, 5.41) is 12.7. The Balaban J connectivity index is 2.08. The van der Waals surface area contributed by atoms with Crippen molar-refractivity contribution in [3.8, 4) is 0 Å². The largest absolute Gasteiger partial charge is 0.478 e. The Morgan fingerprint density at radius 3 is 2.62 bits per heavy atom. The van der Waals surface area contributed by atoms with Gasteiger partial charge in [-0.1, -0.05) is 12.1 Å². The third kappa shape index (κ3) is 4.50. The van der Waals surface area contributed by atoms with E-state index in [0.717, 1.165) is 28.0 Å². The monoisotopic (exact) mass is 469 g/mol. The number of ether oxygens (including phenoxy) is 1. The van der Waals surface area contributed by atoms with Gasteiger partial charge in [0, 0.05) is 18.9 Å². The third-order valence-corrected chi connectivity index (χ3v) is 5.60. The number of thiophene rings is 1. The predicted octanol–water partition coefficient (Wildman–Crippen LogP) is 3.56. The fourth-order valence-corrected chi connectivity index (χ4v) is 4.09. The number of nitrogens with one attached hydrogen (secondary N) is 1. The summed E-state index contributed by atoms with van der Waals surface area (Å²) in [6, 6.07) is 3.18. The Bertz CT molecular complexity index is 1240. The number of benzene rings is 1. The number of rotatable bonds is 7. The van der Waals surface area contributed by atoms with Crippen molar-refractivity contribution in [1.29, 1.82) is 0 Å². The van der Waals surface area contributed by atoms with E-state index >= 15 is 0 Å². The number of hydrogen-bond donors (Lipinski definition) is 2. The summed E-state index contributed by atoms with van der Waals surface area (Å²) in [5.74, 6) is -2.08. The molecule has 32 heavy (non-hydrogen) atoms. The van der Waals surface area contributed by atoms with E-state index < -0.39 is 40.9 Å². The van der Waals surface area contributed by atoms with Gasteiger partial charge in [0.15, 0.2) is 0 Å². The Morgan fingerprint density at radius 2 is 2.00 bits per heavy atom. The van der Waals surface area contributed by atoms with E-state index in [4.69, 9.17) is 4.74 Å². The Hall–Kier alpha value is -3.25. The number of para-hydroxylation sites is 1. The van der Waals surface area contributed by atoms with E-state index in [-0.39, 0.29) is 34.6 Å². The lowest BCUT2D eigenvalue weighted by Crippen LogP contribution is -2.35. The molecule has 2 heterocycles. The Kier molecular flexibility index (Phi) is 6.65. The highest BCUT2D eigenvalue weighted by Gasteiger charge is 2.34. The zero-order valence-electron chi connectivity index (χ0n) is 16.9.